The van der Waals surface area contributed by atoms with Gasteiger partial charge in [-0.15, -0.1) is 17.1 Å². The van der Waals surface area contributed by atoms with Gasteiger partial charge in [-0.05, 0) is 24.4 Å². The summed E-state index contributed by atoms with van der Waals surface area (Å²) in [5.41, 5.74) is 0. The average molecular weight is 163 g/mol. The van der Waals surface area contributed by atoms with E-state index in [0.717, 1.165) is 5.39 Å². The number of hydrogen-bond acceptors (Lipinski definition) is 2. The van der Waals surface area contributed by atoms with Crippen molar-refractivity contribution in [1.29, 1.82) is 0 Å². The highest BCUT2D eigenvalue weighted by atomic mass is 32.1. The van der Waals surface area contributed by atoms with E-state index in [1.807, 2.05) is 12.1 Å². The van der Waals surface area contributed by atoms with Crippen molar-refractivity contribution in [3.05, 3.63) is 29.1 Å². The van der Waals surface area contributed by atoms with E-state index in [-0.39, 0.29) is 5.75 Å². The van der Waals surface area contributed by atoms with Gasteiger partial charge >= 0.3 is 0 Å². The van der Waals surface area contributed by atoms with Crippen LogP contribution in [0.5, 0.6) is 5.75 Å². The van der Waals surface area contributed by atoms with Crippen molar-refractivity contribution in [2.24, 2.45) is 0 Å². The van der Waals surface area contributed by atoms with Crippen LogP contribution in [0.15, 0.2) is 24.3 Å². The zero-order chi connectivity index (χ0) is 7.84. The predicted molar refractivity (Wildman–Crippen MR) is 46.0 cm³/mol. The standard InChI is InChI=1S/C9H8OS/c1-6-4-7-5-8(10)2-3-9(7)11-6/h2-5,10H,1H3/p-1. The number of rotatable bonds is 0. The Morgan fingerprint density at radius 3 is 2.91 bits per heavy atom. The molecule has 1 nitrogen and oxygen atoms in total. The summed E-state index contributed by atoms with van der Waals surface area (Å²) < 4.78 is 1.20. The van der Waals surface area contributed by atoms with Crippen molar-refractivity contribution in [2.45, 2.75) is 6.92 Å². The fraction of sp³-hybridized carbons (Fsp3) is 0.111. The highest BCUT2D eigenvalue weighted by Crippen LogP contribution is 2.26. The molecule has 2 rings (SSSR count). The van der Waals surface area contributed by atoms with Gasteiger partial charge < -0.3 is 5.11 Å². The quantitative estimate of drug-likeness (QED) is 0.584. The number of thiophene rings is 1. The zero-order valence-corrected chi connectivity index (χ0v) is 6.94. The lowest BCUT2D eigenvalue weighted by Crippen LogP contribution is -1.86. The van der Waals surface area contributed by atoms with E-state index in [4.69, 9.17) is 0 Å². The molecule has 0 aliphatic rings. The molecule has 0 aliphatic carbocycles. The topological polar surface area (TPSA) is 23.1 Å². The normalized spacial score (nSPS) is 10.6. The zero-order valence-electron chi connectivity index (χ0n) is 6.13. The third-order valence-electron chi connectivity index (χ3n) is 1.61. The third-order valence-corrected chi connectivity index (χ3v) is 2.64. The van der Waals surface area contributed by atoms with Crippen LogP contribution in [0.2, 0.25) is 0 Å². The molecule has 2 heteroatoms. The SMILES string of the molecule is Cc1cc2cc([O-])ccc2s1. The first kappa shape index (κ1) is 6.68. The third kappa shape index (κ3) is 1.10. The Bertz CT molecular complexity index is 389. The molecular weight excluding hydrogens is 156 g/mol. The van der Waals surface area contributed by atoms with Gasteiger partial charge in [0.1, 0.15) is 0 Å². The average Bonchev–Trinajstić information content (AvgIpc) is 2.27. The molecule has 0 bridgehead atoms. The summed E-state index contributed by atoms with van der Waals surface area (Å²) in [7, 11) is 0. The summed E-state index contributed by atoms with van der Waals surface area (Å²) in [6.45, 7) is 2.05. The van der Waals surface area contributed by atoms with Gasteiger partial charge in [0.25, 0.3) is 0 Å². The molecule has 0 atom stereocenters. The second-order valence-electron chi connectivity index (χ2n) is 2.56. The monoisotopic (exact) mass is 163 g/mol. The maximum atomic E-state index is 10.9. The lowest BCUT2D eigenvalue weighted by Gasteiger charge is -2.01. The van der Waals surface area contributed by atoms with E-state index < -0.39 is 0 Å². The number of aryl methyl sites for hydroxylation is 1. The molecule has 56 valence electrons. The minimum Gasteiger partial charge on any atom is -0.872 e. The van der Waals surface area contributed by atoms with Crippen LogP contribution in [0.25, 0.3) is 10.1 Å². The molecule has 1 aromatic heterocycles. The van der Waals surface area contributed by atoms with Crippen LogP contribution in [-0.4, -0.2) is 0 Å². The highest BCUT2D eigenvalue weighted by Gasteiger charge is 1.94. The van der Waals surface area contributed by atoms with Crippen molar-refractivity contribution in [3.63, 3.8) is 0 Å². The fourth-order valence-corrected chi connectivity index (χ4v) is 2.06. The van der Waals surface area contributed by atoms with Gasteiger partial charge in [0.2, 0.25) is 0 Å². The molecule has 0 aliphatic heterocycles. The molecule has 0 fully saturated rings. The lowest BCUT2D eigenvalue weighted by molar-refractivity contribution is -0.268. The Morgan fingerprint density at radius 2 is 2.09 bits per heavy atom. The number of benzene rings is 1. The molecule has 2 aromatic rings. The first-order valence-electron chi connectivity index (χ1n) is 3.43. The molecule has 0 unspecified atom stereocenters. The van der Waals surface area contributed by atoms with Gasteiger partial charge in [0.15, 0.2) is 0 Å². The van der Waals surface area contributed by atoms with E-state index in [0.29, 0.717) is 0 Å². The summed E-state index contributed by atoms with van der Waals surface area (Å²) in [5, 5.41) is 12.0. The largest absolute Gasteiger partial charge is 0.872 e. The Hall–Kier alpha value is -1.02. The molecular formula is C9H7OS-. The summed E-state index contributed by atoms with van der Waals surface area (Å²) in [6.07, 6.45) is 0. The molecule has 0 radical (unpaired) electrons. The van der Waals surface area contributed by atoms with Crippen LogP contribution in [0.4, 0.5) is 0 Å². The molecule has 1 aromatic carbocycles. The minimum atomic E-state index is 0.0929. The molecule has 0 saturated carbocycles. The Balaban J connectivity index is 2.82. The van der Waals surface area contributed by atoms with E-state index in [9.17, 15) is 5.11 Å². The lowest BCUT2D eigenvalue weighted by atomic mass is 10.2. The first-order valence-corrected chi connectivity index (χ1v) is 4.24. The minimum absolute atomic E-state index is 0.0929. The second kappa shape index (κ2) is 2.24. The second-order valence-corrected chi connectivity index (χ2v) is 3.84. The van der Waals surface area contributed by atoms with Crippen molar-refractivity contribution in [1.82, 2.24) is 0 Å². The van der Waals surface area contributed by atoms with Gasteiger partial charge in [-0.25, -0.2) is 0 Å². The highest BCUT2D eigenvalue weighted by molar-refractivity contribution is 7.19. The van der Waals surface area contributed by atoms with Gasteiger partial charge in [0, 0.05) is 9.58 Å². The van der Waals surface area contributed by atoms with Gasteiger partial charge in [-0.1, -0.05) is 12.1 Å². The summed E-state index contributed by atoms with van der Waals surface area (Å²) in [5.74, 6) is 0.0929. The van der Waals surface area contributed by atoms with Crippen LogP contribution in [0, 0.1) is 6.92 Å². The first-order chi connectivity index (χ1) is 5.25. The van der Waals surface area contributed by atoms with Gasteiger partial charge in [0.05, 0.1) is 0 Å². The van der Waals surface area contributed by atoms with Crippen molar-refractivity contribution >= 4 is 21.4 Å². The van der Waals surface area contributed by atoms with E-state index in [2.05, 4.69) is 6.92 Å². The van der Waals surface area contributed by atoms with Gasteiger partial charge in [-0.3, -0.25) is 0 Å². The maximum absolute atomic E-state index is 10.9. The maximum Gasteiger partial charge on any atom is 0.0345 e. The Morgan fingerprint density at radius 1 is 1.27 bits per heavy atom. The number of hydrogen-bond donors (Lipinski definition) is 0. The van der Waals surface area contributed by atoms with Gasteiger partial charge in [-0.2, -0.15) is 0 Å². The number of fused-ring (bicyclic) bond motifs is 1. The summed E-state index contributed by atoms with van der Waals surface area (Å²) in [4.78, 5) is 1.26. The molecule has 0 spiro atoms. The van der Waals surface area contributed by atoms with Crippen molar-refractivity contribution in [2.75, 3.05) is 0 Å². The smallest absolute Gasteiger partial charge is 0.0345 e. The Labute approximate surface area is 68.9 Å². The van der Waals surface area contributed by atoms with Crippen LogP contribution in [0.3, 0.4) is 0 Å². The van der Waals surface area contributed by atoms with E-state index >= 15 is 0 Å². The molecule has 0 N–H and O–H groups in total. The van der Waals surface area contributed by atoms with Crippen molar-refractivity contribution < 1.29 is 5.11 Å². The van der Waals surface area contributed by atoms with Crippen LogP contribution < -0.4 is 5.11 Å². The van der Waals surface area contributed by atoms with Crippen LogP contribution in [0.1, 0.15) is 4.88 Å². The summed E-state index contributed by atoms with van der Waals surface area (Å²) >= 11 is 1.72. The molecule has 1 heterocycles. The molecule has 0 amide bonds. The predicted octanol–water partition coefficient (Wildman–Crippen LogP) is 2.28. The van der Waals surface area contributed by atoms with Crippen LogP contribution >= 0.6 is 11.3 Å². The van der Waals surface area contributed by atoms with Crippen LogP contribution in [-0.2, 0) is 0 Å². The summed E-state index contributed by atoms with van der Waals surface area (Å²) in [6, 6.07) is 7.22. The fourth-order valence-electron chi connectivity index (χ4n) is 1.15. The molecule has 0 saturated heterocycles. The van der Waals surface area contributed by atoms with Crippen molar-refractivity contribution in [3.8, 4) is 5.75 Å². The van der Waals surface area contributed by atoms with E-state index in [1.165, 1.54) is 9.58 Å². The Kier molecular flexibility index (Phi) is 1.36. The van der Waals surface area contributed by atoms with E-state index in [1.54, 1.807) is 23.5 Å². The molecule has 11 heavy (non-hydrogen) atoms.